The number of halogens is 1. The number of likely N-dealkylation sites (N-methyl/N-ethyl adjacent to an activating group) is 1. The smallest absolute Gasteiger partial charge is 0.222 e. The molecule has 1 aromatic heterocycles. The van der Waals surface area contributed by atoms with Crippen molar-refractivity contribution in [1.82, 2.24) is 9.88 Å². The molecular formula is C18H19ClN2O2. The second kappa shape index (κ2) is 8.44. The number of ketones is 1. The van der Waals surface area contributed by atoms with Gasteiger partial charge in [0.2, 0.25) is 5.91 Å². The Bertz CT molecular complexity index is 656. The average molecular weight is 331 g/mol. The molecule has 2 aromatic rings. The largest absolute Gasteiger partial charge is 0.345 e. The highest BCUT2D eigenvalue weighted by Crippen LogP contribution is 2.12. The van der Waals surface area contributed by atoms with Crippen LogP contribution < -0.4 is 0 Å². The lowest BCUT2D eigenvalue weighted by Gasteiger charge is -2.16. The monoisotopic (exact) mass is 330 g/mol. The van der Waals surface area contributed by atoms with E-state index in [2.05, 4.69) is 4.98 Å². The van der Waals surface area contributed by atoms with Crippen LogP contribution in [0.1, 0.15) is 28.9 Å². The Morgan fingerprint density at radius 1 is 1.09 bits per heavy atom. The number of hydrogen-bond acceptors (Lipinski definition) is 3. The second-order valence-electron chi connectivity index (χ2n) is 5.32. The van der Waals surface area contributed by atoms with Crippen molar-refractivity contribution in [2.45, 2.75) is 19.3 Å². The molecule has 0 saturated carbocycles. The summed E-state index contributed by atoms with van der Waals surface area (Å²) in [6.07, 6.45) is 2.85. The molecule has 0 radical (unpaired) electrons. The van der Waals surface area contributed by atoms with Gasteiger partial charge in [-0.2, -0.15) is 0 Å². The van der Waals surface area contributed by atoms with Gasteiger partial charge in [-0.05, 0) is 36.4 Å². The summed E-state index contributed by atoms with van der Waals surface area (Å²) < 4.78 is 0. The third-order valence-corrected chi connectivity index (χ3v) is 3.84. The molecule has 2 rings (SSSR count). The van der Waals surface area contributed by atoms with Crippen molar-refractivity contribution in [2.24, 2.45) is 0 Å². The van der Waals surface area contributed by atoms with Crippen LogP contribution >= 0.6 is 11.6 Å². The van der Waals surface area contributed by atoms with E-state index in [1.807, 2.05) is 18.2 Å². The molecule has 0 bridgehead atoms. The van der Waals surface area contributed by atoms with Gasteiger partial charge < -0.3 is 4.90 Å². The van der Waals surface area contributed by atoms with Crippen molar-refractivity contribution in [3.05, 3.63) is 64.9 Å². The summed E-state index contributed by atoms with van der Waals surface area (Å²) in [5, 5.41) is 0.590. The summed E-state index contributed by atoms with van der Waals surface area (Å²) in [7, 11) is 1.75. The van der Waals surface area contributed by atoms with E-state index >= 15 is 0 Å². The number of benzene rings is 1. The molecule has 4 nitrogen and oxygen atoms in total. The first-order chi connectivity index (χ1) is 11.1. The van der Waals surface area contributed by atoms with Gasteiger partial charge in [-0.3, -0.25) is 14.6 Å². The third-order valence-electron chi connectivity index (χ3n) is 3.59. The molecule has 1 heterocycles. The second-order valence-corrected chi connectivity index (χ2v) is 5.75. The SMILES string of the molecule is CN(CCc1ccccn1)C(=O)CCC(=O)c1ccc(Cl)cc1. The molecular weight excluding hydrogens is 312 g/mol. The van der Waals surface area contributed by atoms with Crippen LogP contribution in [0.25, 0.3) is 0 Å². The minimum atomic E-state index is -0.0480. The summed E-state index contributed by atoms with van der Waals surface area (Å²) in [6, 6.07) is 12.4. The van der Waals surface area contributed by atoms with Crippen molar-refractivity contribution in [2.75, 3.05) is 13.6 Å². The van der Waals surface area contributed by atoms with Crippen LogP contribution in [0.5, 0.6) is 0 Å². The highest BCUT2D eigenvalue weighted by Gasteiger charge is 2.13. The van der Waals surface area contributed by atoms with E-state index in [9.17, 15) is 9.59 Å². The van der Waals surface area contributed by atoms with Gasteiger partial charge in [-0.1, -0.05) is 17.7 Å². The van der Waals surface area contributed by atoms with Crippen LogP contribution in [0.3, 0.4) is 0 Å². The maximum atomic E-state index is 12.1. The quantitative estimate of drug-likeness (QED) is 0.731. The normalized spacial score (nSPS) is 10.3. The number of carbonyl (C=O) groups excluding carboxylic acids is 2. The fourth-order valence-electron chi connectivity index (χ4n) is 2.14. The highest BCUT2D eigenvalue weighted by atomic mass is 35.5. The van der Waals surface area contributed by atoms with Gasteiger partial charge in [0, 0.05) is 55.3 Å². The molecule has 0 unspecified atom stereocenters. The maximum absolute atomic E-state index is 12.1. The summed E-state index contributed by atoms with van der Waals surface area (Å²) in [5.74, 6) is -0.0867. The van der Waals surface area contributed by atoms with Crippen LogP contribution in [0, 0.1) is 0 Å². The minimum absolute atomic E-state index is 0.0387. The van der Waals surface area contributed by atoms with Crippen LogP contribution in [0.15, 0.2) is 48.7 Å². The van der Waals surface area contributed by atoms with Gasteiger partial charge in [0.1, 0.15) is 0 Å². The van der Waals surface area contributed by atoms with E-state index < -0.39 is 0 Å². The maximum Gasteiger partial charge on any atom is 0.222 e. The number of amides is 1. The molecule has 0 fully saturated rings. The van der Waals surface area contributed by atoms with E-state index in [1.165, 1.54) is 0 Å². The Morgan fingerprint density at radius 3 is 2.48 bits per heavy atom. The fourth-order valence-corrected chi connectivity index (χ4v) is 2.27. The van der Waals surface area contributed by atoms with Gasteiger partial charge in [0.15, 0.2) is 5.78 Å². The van der Waals surface area contributed by atoms with E-state index in [4.69, 9.17) is 11.6 Å². The standard InChI is InChI=1S/C18H19ClN2O2/c1-21(13-11-16-4-2-3-12-20-16)18(23)10-9-17(22)14-5-7-15(19)8-6-14/h2-8,12H,9-11,13H2,1H3. The topological polar surface area (TPSA) is 50.3 Å². The Labute approximate surface area is 141 Å². The van der Waals surface area contributed by atoms with E-state index in [1.54, 1.807) is 42.4 Å². The zero-order chi connectivity index (χ0) is 16.7. The Hall–Kier alpha value is -2.20. The molecule has 120 valence electrons. The first-order valence-corrected chi connectivity index (χ1v) is 7.86. The van der Waals surface area contributed by atoms with E-state index in [0.717, 1.165) is 5.69 Å². The highest BCUT2D eigenvalue weighted by molar-refractivity contribution is 6.30. The zero-order valence-corrected chi connectivity index (χ0v) is 13.8. The summed E-state index contributed by atoms with van der Waals surface area (Å²) in [6.45, 7) is 0.588. The first-order valence-electron chi connectivity index (χ1n) is 7.49. The number of aromatic nitrogens is 1. The van der Waals surface area contributed by atoms with Gasteiger partial charge in [0.25, 0.3) is 0 Å². The molecule has 0 spiro atoms. The van der Waals surface area contributed by atoms with Crippen LogP contribution in [0.2, 0.25) is 5.02 Å². The molecule has 1 amide bonds. The van der Waals surface area contributed by atoms with Crippen molar-refractivity contribution in [1.29, 1.82) is 0 Å². The van der Waals surface area contributed by atoms with Crippen molar-refractivity contribution < 1.29 is 9.59 Å². The number of pyridine rings is 1. The third kappa shape index (κ3) is 5.49. The molecule has 0 aliphatic carbocycles. The number of hydrogen-bond donors (Lipinski definition) is 0. The van der Waals surface area contributed by atoms with E-state index in [0.29, 0.717) is 23.6 Å². The number of carbonyl (C=O) groups is 2. The molecule has 0 saturated heterocycles. The van der Waals surface area contributed by atoms with Crippen LogP contribution in [-0.4, -0.2) is 35.2 Å². The molecule has 0 N–H and O–H groups in total. The first kappa shape index (κ1) is 17.2. The Kier molecular flexibility index (Phi) is 6.29. The molecule has 23 heavy (non-hydrogen) atoms. The summed E-state index contributed by atoms with van der Waals surface area (Å²) >= 11 is 5.79. The van der Waals surface area contributed by atoms with Gasteiger partial charge in [0.05, 0.1) is 0 Å². The molecule has 1 aromatic carbocycles. The lowest BCUT2D eigenvalue weighted by atomic mass is 10.1. The molecule has 0 atom stereocenters. The van der Waals surface area contributed by atoms with Gasteiger partial charge in [-0.15, -0.1) is 0 Å². The number of Topliss-reactive ketones (excluding diaryl/α,β-unsaturated/α-hetero) is 1. The number of nitrogens with zero attached hydrogens (tertiary/aromatic N) is 2. The van der Waals surface area contributed by atoms with Crippen molar-refractivity contribution in [3.63, 3.8) is 0 Å². The van der Waals surface area contributed by atoms with Gasteiger partial charge >= 0.3 is 0 Å². The predicted octanol–water partition coefficient (Wildman–Crippen LogP) is 3.40. The van der Waals surface area contributed by atoms with Gasteiger partial charge in [-0.25, -0.2) is 0 Å². The lowest BCUT2D eigenvalue weighted by molar-refractivity contribution is -0.129. The molecule has 5 heteroatoms. The Morgan fingerprint density at radius 2 is 1.83 bits per heavy atom. The van der Waals surface area contributed by atoms with E-state index in [-0.39, 0.29) is 24.5 Å². The average Bonchev–Trinajstić information content (AvgIpc) is 2.58. The summed E-state index contributed by atoms with van der Waals surface area (Å²) in [4.78, 5) is 30.0. The van der Waals surface area contributed by atoms with Crippen molar-refractivity contribution in [3.8, 4) is 0 Å². The van der Waals surface area contributed by atoms with Crippen LogP contribution in [0.4, 0.5) is 0 Å². The lowest BCUT2D eigenvalue weighted by Crippen LogP contribution is -2.29. The minimum Gasteiger partial charge on any atom is -0.345 e. The number of rotatable bonds is 7. The molecule has 0 aliphatic rings. The fraction of sp³-hybridized carbons (Fsp3) is 0.278. The van der Waals surface area contributed by atoms with Crippen molar-refractivity contribution >= 4 is 23.3 Å². The molecule has 0 aliphatic heterocycles. The predicted molar refractivity (Wildman–Crippen MR) is 90.6 cm³/mol. The van der Waals surface area contributed by atoms with Crippen LogP contribution in [-0.2, 0) is 11.2 Å². The Balaban J connectivity index is 1.77. The zero-order valence-electron chi connectivity index (χ0n) is 13.0. The summed E-state index contributed by atoms with van der Waals surface area (Å²) in [5.41, 5.74) is 1.53.